The van der Waals surface area contributed by atoms with Gasteiger partial charge < -0.3 is 0 Å². The molecule has 1 atom stereocenters. The van der Waals surface area contributed by atoms with Crippen LogP contribution in [0.25, 0.3) is 0 Å². The number of Topliss-reactive ketones (excluding diaryl/α,β-unsaturated/α-hetero) is 1. The van der Waals surface area contributed by atoms with Crippen LogP contribution in [0.4, 0.5) is 0 Å². The Labute approximate surface area is 76.2 Å². The van der Waals surface area contributed by atoms with Gasteiger partial charge in [0.2, 0.25) is 0 Å². The predicted molar refractivity (Wildman–Crippen MR) is 48.5 cm³/mol. The number of carbonyl (C=O) groups is 1. The molecule has 0 N–H and O–H groups in total. The average Bonchev–Trinajstić information content (AvgIpc) is 2.16. The molecule has 1 heterocycles. The van der Waals surface area contributed by atoms with Crippen molar-refractivity contribution in [2.24, 2.45) is 0 Å². The number of aromatic nitrogens is 2. The van der Waals surface area contributed by atoms with Gasteiger partial charge in [0.1, 0.15) is 0 Å². The van der Waals surface area contributed by atoms with E-state index in [2.05, 4.69) is 4.98 Å². The summed E-state index contributed by atoms with van der Waals surface area (Å²) in [5.41, 5.74) is -0.190. The van der Waals surface area contributed by atoms with Crippen LogP contribution in [0.2, 0.25) is 0 Å². The average molecular weight is 180 g/mol. The highest BCUT2D eigenvalue weighted by Gasteiger charge is 2.12. The van der Waals surface area contributed by atoms with E-state index in [1.165, 1.54) is 23.2 Å². The molecule has 1 unspecified atom stereocenters. The van der Waals surface area contributed by atoms with E-state index in [-0.39, 0.29) is 11.3 Å². The molecule has 0 radical (unpaired) electrons. The molecule has 0 saturated carbocycles. The van der Waals surface area contributed by atoms with Crippen molar-refractivity contribution in [1.82, 2.24) is 9.55 Å². The first-order chi connectivity index (χ1) is 6.16. The highest BCUT2D eigenvalue weighted by molar-refractivity contribution is 5.81. The van der Waals surface area contributed by atoms with Crippen LogP contribution in [-0.4, -0.2) is 15.3 Å². The van der Waals surface area contributed by atoms with Gasteiger partial charge in [-0.15, -0.1) is 0 Å². The molecule has 0 fully saturated rings. The summed E-state index contributed by atoms with van der Waals surface area (Å²) in [5.74, 6) is 0.0371. The Bertz CT molecular complexity index is 357. The normalized spacial score (nSPS) is 12.5. The topological polar surface area (TPSA) is 52.0 Å². The first-order valence-electron chi connectivity index (χ1n) is 4.21. The number of ketones is 1. The van der Waals surface area contributed by atoms with Crippen LogP contribution in [-0.2, 0) is 4.79 Å². The SMILES string of the molecule is CCC(=O)C(C)n1cnccc1=O. The van der Waals surface area contributed by atoms with E-state index in [9.17, 15) is 9.59 Å². The van der Waals surface area contributed by atoms with Gasteiger partial charge in [0.05, 0.1) is 12.4 Å². The maximum Gasteiger partial charge on any atom is 0.253 e. The minimum atomic E-state index is -0.411. The molecule has 0 aliphatic heterocycles. The molecule has 0 aliphatic carbocycles. The second-order valence-corrected chi connectivity index (χ2v) is 2.82. The van der Waals surface area contributed by atoms with Gasteiger partial charge in [0, 0.05) is 18.7 Å². The second kappa shape index (κ2) is 3.98. The third kappa shape index (κ3) is 2.02. The molecule has 0 saturated heterocycles. The molecule has 4 heteroatoms. The van der Waals surface area contributed by atoms with Gasteiger partial charge in [-0.05, 0) is 6.92 Å². The molecule has 13 heavy (non-hydrogen) atoms. The molecule has 0 bridgehead atoms. The van der Waals surface area contributed by atoms with Crippen molar-refractivity contribution in [3.8, 4) is 0 Å². The number of hydrogen-bond acceptors (Lipinski definition) is 3. The van der Waals surface area contributed by atoms with E-state index in [1.54, 1.807) is 13.8 Å². The summed E-state index contributed by atoms with van der Waals surface area (Å²) in [5, 5.41) is 0. The van der Waals surface area contributed by atoms with Gasteiger partial charge in [-0.3, -0.25) is 14.2 Å². The monoisotopic (exact) mass is 180 g/mol. The summed E-state index contributed by atoms with van der Waals surface area (Å²) in [4.78, 5) is 26.3. The first kappa shape index (κ1) is 9.64. The highest BCUT2D eigenvalue weighted by Crippen LogP contribution is 2.04. The van der Waals surface area contributed by atoms with Crippen LogP contribution < -0.4 is 5.56 Å². The van der Waals surface area contributed by atoms with Gasteiger partial charge in [-0.1, -0.05) is 6.92 Å². The zero-order valence-corrected chi connectivity index (χ0v) is 7.73. The number of nitrogens with zero attached hydrogens (tertiary/aromatic N) is 2. The Morgan fingerprint density at radius 2 is 2.38 bits per heavy atom. The Morgan fingerprint density at radius 3 is 2.92 bits per heavy atom. The van der Waals surface area contributed by atoms with Crippen LogP contribution in [0.5, 0.6) is 0 Å². The van der Waals surface area contributed by atoms with Crippen molar-refractivity contribution in [1.29, 1.82) is 0 Å². The summed E-state index contributed by atoms with van der Waals surface area (Å²) in [6.07, 6.45) is 3.24. The lowest BCUT2D eigenvalue weighted by Crippen LogP contribution is -2.27. The molecule has 1 rings (SSSR count). The molecule has 4 nitrogen and oxygen atoms in total. The van der Waals surface area contributed by atoms with E-state index in [0.717, 1.165) is 0 Å². The molecule has 0 spiro atoms. The molecular formula is C9H12N2O2. The predicted octanol–water partition coefficient (Wildman–Crippen LogP) is 0.783. The minimum Gasteiger partial charge on any atom is -0.297 e. The van der Waals surface area contributed by atoms with Crippen LogP contribution in [0.3, 0.4) is 0 Å². The Balaban J connectivity index is 3.02. The lowest BCUT2D eigenvalue weighted by atomic mass is 10.2. The van der Waals surface area contributed by atoms with E-state index in [1.807, 2.05) is 0 Å². The number of rotatable bonds is 3. The number of hydrogen-bond donors (Lipinski definition) is 0. The largest absolute Gasteiger partial charge is 0.297 e. The standard InChI is InChI=1S/C9H12N2O2/c1-3-8(12)7(2)11-6-10-5-4-9(11)13/h4-7H,3H2,1-2H3. The maximum atomic E-state index is 11.3. The molecule has 1 aromatic heterocycles. The zero-order valence-electron chi connectivity index (χ0n) is 7.73. The van der Waals surface area contributed by atoms with Crippen molar-refractivity contribution in [3.63, 3.8) is 0 Å². The van der Waals surface area contributed by atoms with Crippen molar-refractivity contribution < 1.29 is 4.79 Å². The van der Waals surface area contributed by atoms with Crippen molar-refractivity contribution >= 4 is 5.78 Å². The van der Waals surface area contributed by atoms with Crippen LogP contribution in [0.15, 0.2) is 23.4 Å². The van der Waals surface area contributed by atoms with Crippen molar-refractivity contribution in [2.45, 2.75) is 26.3 Å². The van der Waals surface area contributed by atoms with Crippen LogP contribution in [0.1, 0.15) is 26.3 Å². The molecular weight excluding hydrogens is 168 g/mol. The fourth-order valence-corrected chi connectivity index (χ4v) is 1.10. The summed E-state index contributed by atoms with van der Waals surface area (Å²) < 4.78 is 1.34. The smallest absolute Gasteiger partial charge is 0.253 e. The first-order valence-corrected chi connectivity index (χ1v) is 4.21. The van der Waals surface area contributed by atoms with Crippen molar-refractivity contribution in [2.75, 3.05) is 0 Å². The molecule has 1 aromatic rings. The lowest BCUT2D eigenvalue weighted by Gasteiger charge is -2.11. The molecule has 70 valence electrons. The quantitative estimate of drug-likeness (QED) is 0.690. The van der Waals surface area contributed by atoms with Gasteiger partial charge in [0.25, 0.3) is 5.56 Å². The third-order valence-corrected chi connectivity index (χ3v) is 1.98. The third-order valence-electron chi connectivity index (χ3n) is 1.98. The maximum absolute atomic E-state index is 11.3. The van der Waals surface area contributed by atoms with E-state index in [4.69, 9.17) is 0 Å². The fourth-order valence-electron chi connectivity index (χ4n) is 1.10. The highest BCUT2D eigenvalue weighted by atomic mass is 16.1. The second-order valence-electron chi connectivity index (χ2n) is 2.82. The van der Waals surface area contributed by atoms with E-state index < -0.39 is 6.04 Å². The Morgan fingerprint density at radius 1 is 1.69 bits per heavy atom. The Hall–Kier alpha value is -1.45. The summed E-state index contributed by atoms with van der Waals surface area (Å²) >= 11 is 0. The summed E-state index contributed by atoms with van der Waals surface area (Å²) in [6, 6.07) is 0.936. The van der Waals surface area contributed by atoms with Gasteiger partial charge in [-0.2, -0.15) is 0 Å². The Kier molecular flexibility index (Phi) is 2.95. The number of carbonyl (C=O) groups excluding carboxylic acids is 1. The minimum absolute atomic E-state index is 0.0371. The van der Waals surface area contributed by atoms with Gasteiger partial charge >= 0.3 is 0 Å². The van der Waals surface area contributed by atoms with Crippen LogP contribution >= 0.6 is 0 Å². The molecule has 0 aromatic carbocycles. The van der Waals surface area contributed by atoms with E-state index >= 15 is 0 Å². The van der Waals surface area contributed by atoms with Crippen molar-refractivity contribution in [3.05, 3.63) is 28.9 Å². The molecule has 0 aliphatic rings. The summed E-state index contributed by atoms with van der Waals surface area (Å²) in [7, 11) is 0. The van der Waals surface area contributed by atoms with Gasteiger partial charge in [0.15, 0.2) is 5.78 Å². The zero-order chi connectivity index (χ0) is 9.84. The molecule has 0 amide bonds. The van der Waals surface area contributed by atoms with Gasteiger partial charge in [-0.25, -0.2) is 4.98 Å². The summed E-state index contributed by atoms with van der Waals surface area (Å²) in [6.45, 7) is 3.48. The lowest BCUT2D eigenvalue weighted by molar-refractivity contribution is -0.121. The van der Waals surface area contributed by atoms with Crippen LogP contribution in [0, 0.1) is 0 Å². The fraction of sp³-hybridized carbons (Fsp3) is 0.444. The van der Waals surface area contributed by atoms with E-state index in [0.29, 0.717) is 6.42 Å².